The number of rotatable bonds is 6. The van der Waals surface area contributed by atoms with Crippen molar-refractivity contribution >= 4 is 33.3 Å². The molecule has 4 rings (SSSR count). The summed E-state index contributed by atoms with van der Waals surface area (Å²) in [7, 11) is 1.67. The summed E-state index contributed by atoms with van der Waals surface area (Å²) in [5.74, 6) is -0.193. The molecule has 0 spiro atoms. The first-order valence-electron chi connectivity index (χ1n) is 9.00. The molecule has 0 aliphatic heterocycles. The number of hydrogen-bond donors (Lipinski definition) is 2. The molecule has 28 heavy (non-hydrogen) atoms. The van der Waals surface area contributed by atoms with Gasteiger partial charge in [-0.25, -0.2) is 5.10 Å². The van der Waals surface area contributed by atoms with Crippen molar-refractivity contribution in [3.05, 3.63) is 70.8 Å². The van der Waals surface area contributed by atoms with Crippen molar-refractivity contribution in [2.45, 2.75) is 13.0 Å². The van der Waals surface area contributed by atoms with E-state index in [-0.39, 0.29) is 17.9 Å². The van der Waals surface area contributed by atoms with Crippen LogP contribution in [0.3, 0.4) is 0 Å². The highest BCUT2D eigenvalue weighted by Gasteiger charge is 2.13. The molecule has 0 aliphatic rings. The predicted molar refractivity (Wildman–Crippen MR) is 109 cm³/mol. The van der Waals surface area contributed by atoms with Crippen LogP contribution >= 0.6 is 0 Å². The fraction of sp³-hybridized carbons (Fsp3) is 0.190. The van der Waals surface area contributed by atoms with Gasteiger partial charge in [0.05, 0.1) is 35.3 Å². The average Bonchev–Trinajstić information content (AvgIpc) is 3.13. The maximum absolute atomic E-state index is 12.7. The molecule has 0 fully saturated rings. The lowest BCUT2D eigenvalue weighted by atomic mass is 10.1. The van der Waals surface area contributed by atoms with E-state index in [1.165, 1.54) is 0 Å². The van der Waals surface area contributed by atoms with Gasteiger partial charge in [-0.05, 0) is 24.3 Å². The first kappa shape index (κ1) is 17.9. The van der Waals surface area contributed by atoms with Crippen LogP contribution in [0, 0.1) is 0 Å². The van der Waals surface area contributed by atoms with Crippen LogP contribution in [0.15, 0.2) is 59.5 Å². The molecule has 0 radical (unpaired) electrons. The van der Waals surface area contributed by atoms with E-state index < -0.39 is 0 Å². The zero-order valence-corrected chi connectivity index (χ0v) is 15.4. The SMILES string of the molecule is COCCn1ccc2c(NC(=O)Cc3n[nH]c(=O)c4ccccc34)cccc21. The molecule has 2 aromatic heterocycles. The Morgan fingerprint density at radius 1 is 1.11 bits per heavy atom. The molecule has 4 aromatic rings. The Hall–Kier alpha value is -3.45. The Kier molecular flexibility index (Phi) is 4.90. The first-order valence-corrected chi connectivity index (χ1v) is 9.00. The zero-order valence-electron chi connectivity index (χ0n) is 15.4. The number of aromatic nitrogens is 3. The molecule has 2 N–H and O–H groups in total. The lowest BCUT2D eigenvalue weighted by Gasteiger charge is -2.09. The molecule has 1 amide bonds. The molecule has 0 saturated carbocycles. The smallest absolute Gasteiger partial charge is 0.272 e. The van der Waals surface area contributed by atoms with E-state index in [1.54, 1.807) is 25.3 Å². The summed E-state index contributed by atoms with van der Waals surface area (Å²) < 4.78 is 7.23. The van der Waals surface area contributed by atoms with Gasteiger partial charge >= 0.3 is 0 Å². The van der Waals surface area contributed by atoms with E-state index in [9.17, 15) is 9.59 Å². The number of carbonyl (C=O) groups is 1. The maximum atomic E-state index is 12.7. The van der Waals surface area contributed by atoms with Crippen molar-refractivity contribution in [1.82, 2.24) is 14.8 Å². The second-order valence-corrected chi connectivity index (χ2v) is 6.51. The molecule has 2 aromatic carbocycles. The third-order valence-corrected chi connectivity index (χ3v) is 4.73. The molecular formula is C21H20N4O3. The predicted octanol–water partition coefficient (Wildman–Crippen LogP) is 2.71. The van der Waals surface area contributed by atoms with Gasteiger partial charge in [0.25, 0.3) is 5.56 Å². The summed E-state index contributed by atoms with van der Waals surface area (Å²) in [6.45, 7) is 1.36. The minimum atomic E-state index is -0.262. The van der Waals surface area contributed by atoms with Crippen LogP contribution in [0.25, 0.3) is 21.7 Å². The number of ether oxygens (including phenoxy) is 1. The molecule has 0 atom stereocenters. The van der Waals surface area contributed by atoms with Crippen molar-refractivity contribution in [2.24, 2.45) is 0 Å². The van der Waals surface area contributed by atoms with Crippen LogP contribution in [0.1, 0.15) is 5.69 Å². The number of nitrogens with one attached hydrogen (secondary N) is 2. The monoisotopic (exact) mass is 376 g/mol. The average molecular weight is 376 g/mol. The van der Waals surface area contributed by atoms with Gasteiger partial charge in [-0.1, -0.05) is 24.3 Å². The second kappa shape index (κ2) is 7.66. The Morgan fingerprint density at radius 3 is 2.75 bits per heavy atom. The highest BCUT2D eigenvalue weighted by Crippen LogP contribution is 2.25. The van der Waals surface area contributed by atoms with Crippen molar-refractivity contribution < 1.29 is 9.53 Å². The van der Waals surface area contributed by atoms with E-state index in [0.717, 1.165) is 23.1 Å². The maximum Gasteiger partial charge on any atom is 0.272 e. The highest BCUT2D eigenvalue weighted by molar-refractivity contribution is 6.02. The minimum absolute atomic E-state index is 0.0675. The number of nitrogens with zero attached hydrogens (tertiary/aromatic N) is 2. The van der Waals surface area contributed by atoms with Gasteiger partial charge in [-0.2, -0.15) is 5.10 Å². The Labute approximate surface area is 160 Å². The van der Waals surface area contributed by atoms with Crippen LogP contribution in [0.4, 0.5) is 5.69 Å². The number of carbonyl (C=O) groups excluding carboxylic acids is 1. The number of benzene rings is 2. The van der Waals surface area contributed by atoms with Crippen LogP contribution in [0.5, 0.6) is 0 Å². The van der Waals surface area contributed by atoms with Crippen molar-refractivity contribution in [3.8, 4) is 0 Å². The molecule has 142 valence electrons. The molecule has 0 unspecified atom stereocenters. The fourth-order valence-electron chi connectivity index (χ4n) is 3.37. The number of amides is 1. The van der Waals surface area contributed by atoms with Crippen molar-refractivity contribution in [1.29, 1.82) is 0 Å². The normalized spacial score (nSPS) is 11.2. The van der Waals surface area contributed by atoms with Gasteiger partial charge in [-0.3, -0.25) is 9.59 Å². The minimum Gasteiger partial charge on any atom is -0.383 e. The summed E-state index contributed by atoms with van der Waals surface area (Å²) in [4.78, 5) is 24.6. The van der Waals surface area contributed by atoms with Gasteiger partial charge < -0.3 is 14.6 Å². The summed E-state index contributed by atoms with van der Waals surface area (Å²) >= 11 is 0. The standard InChI is InChI=1S/C21H20N4O3/c1-28-12-11-25-10-9-16-17(7-4-8-19(16)25)22-20(26)13-18-14-5-2-3-6-15(14)21(27)24-23-18/h2-10H,11-13H2,1H3,(H,22,26)(H,24,27). The summed E-state index contributed by atoms with van der Waals surface area (Å²) in [5.41, 5.74) is 2.05. The van der Waals surface area contributed by atoms with Crippen LogP contribution < -0.4 is 10.9 Å². The van der Waals surface area contributed by atoms with Gasteiger partial charge in [0, 0.05) is 30.6 Å². The molecule has 2 heterocycles. The number of anilines is 1. The lowest BCUT2D eigenvalue weighted by Crippen LogP contribution is -2.18. The third-order valence-electron chi connectivity index (χ3n) is 4.73. The molecule has 0 saturated heterocycles. The third kappa shape index (κ3) is 3.39. The molecular weight excluding hydrogens is 356 g/mol. The van der Waals surface area contributed by atoms with Gasteiger partial charge in [0.2, 0.25) is 5.91 Å². The quantitative estimate of drug-likeness (QED) is 0.541. The van der Waals surface area contributed by atoms with E-state index in [2.05, 4.69) is 20.1 Å². The lowest BCUT2D eigenvalue weighted by molar-refractivity contribution is -0.115. The highest BCUT2D eigenvalue weighted by atomic mass is 16.5. The molecule has 0 aliphatic carbocycles. The van der Waals surface area contributed by atoms with E-state index in [1.807, 2.05) is 36.5 Å². The number of hydrogen-bond acceptors (Lipinski definition) is 4. The Balaban J connectivity index is 1.59. The summed E-state index contributed by atoms with van der Waals surface area (Å²) in [6, 6.07) is 14.9. The van der Waals surface area contributed by atoms with Crippen molar-refractivity contribution in [2.75, 3.05) is 19.0 Å². The second-order valence-electron chi connectivity index (χ2n) is 6.51. The zero-order chi connectivity index (χ0) is 19.5. The number of aromatic amines is 1. The van der Waals surface area contributed by atoms with Crippen molar-refractivity contribution in [3.63, 3.8) is 0 Å². The van der Waals surface area contributed by atoms with Gasteiger partial charge in [0.15, 0.2) is 0 Å². The Bertz CT molecular complexity index is 1210. The van der Waals surface area contributed by atoms with Gasteiger partial charge in [-0.15, -0.1) is 0 Å². The number of H-pyrrole nitrogens is 1. The van der Waals surface area contributed by atoms with E-state index in [4.69, 9.17) is 4.74 Å². The first-order chi connectivity index (χ1) is 13.7. The van der Waals surface area contributed by atoms with Crippen LogP contribution in [0.2, 0.25) is 0 Å². The fourth-order valence-corrected chi connectivity index (χ4v) is 3.37. The molecule has 0 bridgehead atoms. The van der Waals surface area contributed by atoms with Crippen LogP contribution in [-0.4, -0.2) is 34.4 Å². The van der Waals surface area contributed by atoms with Crippen LogP contribution in [-0.2, 0) is 22.5 Å². The van der Waals surface area contributed by atoms with Gasteiger partial charge in [0.1, 0.15) is 0 Å². The molecule has 7 heteroatoms. The van der Waals surface area contributed by atoms with E-state index in [0.29, 0.717) is 23.1 Å². The van der Waals surface area contributed by atoms with E-state index >= 15 is 0 Å². The Morgan fingerprint density at radius 2 is 1.93 bits per heavy atom. The molecule has 7 nitrogen and oxygen atoms in total. The summed E-state index contributed by atoms with van der Waals surface area (Å²) in [6.07, 6.45) is 2.05. The summed E-state index contributed by atoms with van der Waals surface area (Å²) in [5, 5.41) is 11.7. The largest absolute Gasteiger partial charge is 0.383 e. The number of fused-ring (bicyclic) bond motifs is 2. The number of methoxy groups -OCH3 is 1. The topological polar surface area (TPSA) is 89.0 Å².